The smallest absolute Gasteiger partial charge is 0.304 e. The number of carbonyl (C=O) groups is 3. The lowest BCUT2D eigenvalue weighted by molar-refractivity contribution is -0.141. The topological polar surface area (TPSA) is 113 Å². The molecule has 3 aromatic rings. The molecule has 0 saturated carbocycles. The number of aliphatic carboxylic acids is 1. The van der Waals surface area contributed by atoms with Crippen LogP contribution in [0.15, 0.2) is 36.5 Å². The Labute approximate surface area is 246 Å². The number of hydrogen-bond donors (Lipinski definition) is 1. The van der Waals surface area contributed by atoms with Gasteiger partial charge in [0.15, 0.2) is 5.13 Å². The summed E-state index contributed by atoms with van der Waals surface area (Å²) in [5.41, 5.74) is 1.12. The van der Waals surface area contributed by atoms with Gasteiger partial charge in [-0.2, -0.15) is 4.39 Å². The van der Waals surface area contributed by atoms with E-state index in [-0.39, 0.29) is 34.6 Å². The third kappa shape index (κ3) is 6.65. The number of rotatable bonds is 9. The van der Waals surface area contributed by atoms with Crippen molar-refractivity contribution in [3.63, 3.8) is 0 Å². The monoisotopic (exact) mass is 598 g/mol. The Morgan fingerprint density at radius 1 is 1.17 bits per heavy atom. The second kappa shape index (κ2) is 13.0. The average molecular weight is 599 g/mol. The summed E-state index contributed by atoms with van der Waals surface area (Å²) in [7, 11) is 1.44. The maximum absolute atomic E-state index is 15.4. The van der Waals surface area contributed by atoms with Gasteiger partial charge in [0.05, 0.1) is 6.42 Å². The van der Waals surface area contributed by atoms with E-state index in [4.69, 9.17) is 4.74 Å². The van der Waals surface area contributed by atoms with Crippen molar-refractivity contribution >= 4 is 40.1 Å². The van der Waals surface area contributed by atoms with Crippen molar-refractivity contribution in [2.45, 2.75) is 44.9 Å². The molecule has 1 N–H and O–H groups in total. The third-order valence-corrected chi connectivity index (χ3v) is 8.74. The van der Waals surface area contributed by atoms with Crippen LogP contribution in [0.25, 0.3) is 22.4 Å². The van der Waals surface area contributed by atoms with Gasteiger partial charge >= 0.3 is 5.97 Å². The number of aromatic nitrogens is 2. The number of carboxylic acids is 1. The highest BCUT2D eigenvalue weighted by atomic mass is 32.1. The first-order valence-corrected chi connectivity index (χ1v) is 14.8. The lowest BCUT2D eigenvalue weighted by Crippen LogP contribution is -2.35. The number of carbonyl (C=O) groups excluding carboxylic acids is 2. The summed E-state index contributed by atoms with van der Waals surface area (Å²) in [5, 5.41) is 8.79. The molecule has 9 nitrogen and oxygen atoms in total. The number of anilines is 2. The van der Waals surface area contributed by atoms with Crippen molar-refractivity contribution in [2.75, 3.05) is 36.6 Å². The number of carboxylic acid groups (broad SMARTS) is 1. The van der Waals surface area contributed by atoms with Gasteiger partial charge in [0, 0.05) is 56.5 Å². The van der Waals surface area contributed by atoms with E-state index in [1.165, 1.54) is 30.1 Å². The van der Waals surface area contributed by atoms with E-state index in [0.717, 1.165) is 25.7 Å². The molecule has 0 spiro atoms. The van der Waals surface area contributed by atoms with Gasteiger partial charge in [-0.15, -0.1) is 0 Å². The van der Waals surface area contributed by atoms with Gasteiger partial charge in [0.2, 0.25) is 16.9 Å². The molecule has 2 saturated heterocycles. The highest BCUT2D eigenvalue weighted by Gasteiger charge is 2.31. The van der Waals surface area contributed by atoms with Crippen LogP contribution in [-0.2, 0) is 19.1 Å². The first-order valence-electron chi connectivity index (χ1n) is 14.0. The number of pyridine rings is 1. The maximum Gasteiger partial charge on any atom is 0.304 e. The number of piperidine rings is 1. The number of halogens is 2. The molecule has 5 rings (SSSR count). The fourth-order valence-electron chi connectivity index (χ4n) is 5.55. The quantitative estimate of drug-likeness (QED) is 0.344. The van der Waals surface area contributed by atoms with Crippen LogP contribution in [0.3, 0.4) is 0 Å². The summed E-state index contributed by atoms with van der Waals surface area (Å²) < 4.78 is 35.2. The van der Waals surface area contributed by atoms with Crippen molar-refractivity contribution in [3.05, 3.63) is 47.5 Å². The zero-order chi connectivity index (χ0) is 29.8. The molecule has 0 unspecified atom stereocenters. The summed E-state index contributed by atoms with van der Waals surface area (Å²) in [6.07, 6.45) is 5.31. The minimum atomic E-state index is -1.09. The minimum absolute atomic E-state index is 0.0121. The highest BCUT2D eigenvalue weighted by Crippen LogP contribution is 2.38. The number of amides is 2. The minimum Gasteiger partial charge on any atom is -0.481 e. The largest absolute Gasteiger partial charge is 0.481 e. The number of nitrogens with zero attached hydrogens (tertiary/aromatic N) is 4. The molecular formula is C30H32F2N4O5S. The third-order valence-electron chi connectivity index (χ3n) is 7.82. The SMILES string of the molecule is CN(C(=O)[C@@H](CC(=O)O)CC1CCOCC1)c1nc(-c2cc(F)ccc2-c2ccc(N3CCCCC3=O)nc2)c(F)s1. The molecule has 1 aromatic carbocycles. The summed E-state index contributed by atoms with van der Waals surface area (Å²) in [6, 6.07) is 7.40. The highest BCUT2D eigenvalue weighted by molar-refractivity contribution is 7.14. The average Bonchev–Trinajstić information content (AvgIpc) is 3.38. The van der Waals surface area contributed by atoms with Crippen molar-refractivity contribution in [1.29, 1.82) is 0 Å². The fourth-order valence-corrected chi connectivity index (χ4v) is 6.33. The molecule has 0 bridgehead atoms. The van der Waals surface area contributed by atoms with Crippen LogP contribution in [0.4, 0.5) is 19.7 Å². The first-order chi connectivity index (χ1) is 20.2. The van der Waals surface area contributed by atoms with Crippen LogP contribution < -0.4 is 9.80 Å². The second-order valence-corrected chi connectivity index (χ2v) is 11.6. The summed E-state index contributed by atoms with van der Waals surface area (Å²) in [5.74, 6) is -2.25. The molecule has 4 heterocycles. The zero-order valence-corrected chi connectivity index (χ0v) is 24.0. The van der Waals surface area contributed by atoms with Crippen LogP contribution in [0.1, 0.15) is 44.9 Å². The van der Waals surface area contributed by atoms with Gasteiger partial charge < -0.3 is 9.84 Å². The number of hydrogen-bond acceptors (Lipinski definition) is 7. The van der Waals surface area contributed by atoms with Crippen LogP contribution >= 0.6 is 11.3 Å². The lowest BCUT2D eigenvalue weighted by atomic mass is 9.86. The Hall–Kier alpha value is -3.77. The summed E-state index contributed by atoms with van der Waals surface area (Å²) in [4.78, 5) is 48.9. The van der Waals surface area contributed by atoms with Crippen molar-refractivity contribution in [1.82, 2.24) is 9.97 Å². The normalized spacial score (nSPS) is 16.8. The Morgan fingerprint density at radius 2 is 1.95 bits per heavy atom. The summed E-state index contributed by atoms with van der Waals surface area (Å²) in [6.45, 7) is 1.73. The van der Waals surface area contributed by atoms with Crippen LogP contribution in [-0.4, -0.2) is 59.7 Å². The van der Waals surface area contributed by atoms with Crippen molar-refractivity contribution in [3.8, 4) is 22.4 Å². The predicted molar refractivity (Wildman–Crippen MR) is 154 cm³/mol. The van der Waals surface area contributed by atoms with Gasteiger partial charge in [0.25, 0.3) is 0 Å². The zero-order valence-electron chi connectivity index (χ0n) is 23.2. The van der Waals surface area contributed by atoms with Crippen LogP contribution in [0, 0.1) is 22.8 Å². The molecule has 2 aliphatic rings. The molecular weight excluding hydrogens is 566 g/mol. The van der Waals surface area contributed by atoms with Gasteiger partial charge in [0.1, 0.15) is 17.3 Å². The van der Waals surface area contributed by atoms with E-state index in [9.17, 15) is 23.9 Å². The molecule has 0 radical (unpaired) electrons. The van der Waals surface area contributed by atoms with Gasteiger partial charge in [-0.3, -0.25) is 24.2 Å². The molecule has 12 heteroatoms. The molecule has 0 aliphatic carbocycles. The standard InChI is InChI=1S/C30H32F2N4O5S/c1-35(29(40)20(15-26(38)39)14-18-9-12-41-13-10-18)30-34-27(28(32)42-30)23-16-21(31)6-7-22(23)19-5-8-24(33-17-19)36-11-3-2-4-25(36)37/h5-8,16-18,20H,2-4,9-15H2,1H3,(H,38,39)/t20-/m1/s1. The van der Waals surface area contributed by atoms with Crippen molar-refractivity contribution < 1.29 is 33.0 Å². The maximum atomic E-state index is 15.4. The van der Waals surface area contributed by atoms with Gasteiger partial charge in [-0.25, -0.2) is 14.4 Å². The molecule has 2 aliphatic heterocycles. The molecule has 2 fully saturated rings. The van der Waals surface area contributed by atoms with E-state index in [0.29, 0.717) is 60.9 Å². The Morgan fingerprint density at radius 3 is 2.64 bits per heavy atom. The van der Waals surface area contributed by atoms with E-state index in [1.807, 2.05) is 0 Å². The lowest BCUT2D eigenvalue weighted by Gasteiger charge is -2.27. The van der Waals surface area contributed by atoms with E-state index < -0.39 is 28.7 Å². The van der Waals surface area contributed by atoms with Gasteiger partial charge in [-0.05, 0) is 67.9 Å². The Bertz CT molecular complexity index is 1460. The Kier molecular flexibility index (Phi) is 9.22. The molecule has 222 valence electrons. The number of ether oxygens (including phenoxy) is 1. The van der Waals surface area contributed by atoms with Gasteiger partial charge in [-0.1, -0.05) is 17.4 Å². The van der Waals surface area contributed by atoms with Crippen LogP contribution in [0.2, 0.25) is 0 Å². The van der Waals surface area contributed by atoms with Crippen LogP contribution in [0.5, 0.6) is 0 Å². The van der Waals surface area contributed by atoms with Crippen molar-refractivity contribution in [2.24, 2.45) is 11.8 Å². The molecule has 42 heavy (non-hydrogen) atoms. The van der Waals surface area contributed by atoms with E-state index >= 15 is 4.39 Å². The summed E-state index contributed by atoms with van der Waals surface area (Å²) >= 11 is 0.637. The number of benzene rings is 1. The van der Waals surface area contributed by atoms with E-state index in [2.05, 4.69) is 9.97 Å². The first kappa shape index (κ1) is 29.7. The number of thiazole rings is 1. The fraction of sp³-hybridized carbons (Fsp3) is 0.433. The molecule has 2 amide bonds. The molecule has 2 aromatic heterocycles. The molecule has 1 atom stereocenters. The predicted octanol–water partition coefficient (Wildman–Crippen LogP) is 5.54. The Balaban J connectivity index is 1.41. The second-order valence-electron chi connectivity index (χ2n) is 10.7. The van der Waals surface area contributed by atoms with E-state index in [1.54, 1.807) is 23.2 Å².